The molecule has 0 amide bonds. The zero-order valence-electron chi connectivity index (χ0n) is 12.9. The Kier molecular flexibility index (Phi) is 7.61. The van der Waals surface area contributed by atoms with Gasteiger partial charge in [0.1, 0.15) is 0 Å². The minimum atomic E-state index is -1.86. The van der Waals surface area contributed by atoms with Gasteiger partial charge < -0.3 is 0 Å². The summed E-state index contributed by atoms with van der Waals surface area (Å²) in [6.45, 7) is 1.96. The zero-order chi connectivity index (χ0) is 15.9. The molecule has 2 rings (SSSR count). The van der Waals surface area contributed by atoms with E-state index in [4.69, 9.17) is 19.4 Å². The molecule has 0 aliphatic heterocycles. The Bertz CT molecular complexity index is 532. The quantitative estimate of drug-likeness (QED) is 0.434. The molecule has 1 unspecified atom stereocenters. The average molecular weight is 427 g/mol. The van der Waals surface area contributed by atoms with Gasteiger partial charge in [0, 0.05) is 0 Å². The summed E-state index contributed by atoms with van der Waals surface area (Å²) in [4.78, 5) is 12.5. The molecular formula is C18H23Cl2ORu+. The zero-order valence-corrected chi connectivity index (χ0v) is 16.1. The average Bonchev–Trinajstić information content (AvgIpc) is 2.53. The van der Waals surface area contributed by atoms with Crippen molar-refractivity contribution in [1.82, 2.24) is 0 Å². The second-order valence-corrected chi connectivity index (χ2v) is 11.6. The maximum atomic E-state index is 12.5. The number of ketones is 1. The molecule has 1 fully saturated rings. The molecule has 1 aromatic carbocycles. The molecule has 22 heavy (non-hydrogen) atoms. The Morgan fingerprint density at radius 2 is 2.00 bits per heavy atom. The summed E-state index contributed by atoms with van der Waals surface area (Å²) in [5.74, 6) is 0.883. The first kappa shape index (κ1) is 18.2. The monoisotopic (exact) mass is 427 g/mol. The third-order valence-corrected chi connectivity index (χ3v) is 6.25. The molecule has 0 aromatic heterocycles. The van der Waals surface area contributed by atoms with E-state index in [-0.39, 0.29) is 5.92 Å². The van der Waals surface area contributed by atoms with Gasteiger partial charge in [-0.05, 0) is 0 Å². The first-order valence-corrected chi connectivity index (χ1v) is 13.4. The SMILES string of the molecule is CCC(=O)C([CH+]c1ccccc1[CH]=[Ru]([Cl])[Cl])C1CCCCC1. The van der Waals surface area contributed by atoms with Gasteiger partial charge in [-0.2, -0.15) is 0 Å². The maximum absolute atomic E-state index is 12.5. The van der Waals surface area contributed by atoms with Gasteiger partial charge in [0.25, 0.3) is 0 Å². The number of carbonyl (C=O) groups excluding carboxylic acids is 1. The van der Waals surface area contributed by atoms with Crippen LogP contribution in [0.3, 0.4) is 0 Å². The van der Waals surface area contributed by atoms with Crippen LogP contribution in [0, 0.1) is 18.3 Å². The third-order valence-electron chi connectivity index (χ3n) is 4.42. The molecule has 0 bridgehead atoms. The first-order chi connectivity index (χ1) is 10.6. The molecule has 1 atom stereocenters. The fraction of sp³-hybridized carbons (Fsp3) is 0.500. The van der Waals surface area contributed by atoms with Crippen molar-refractivity contribution in [2.24, 2.45) is 11.8 Å². The Labute approximate surface area is 146 Å². The summed E-state index contributed by atoms with van der Waals surface area (Å²) in [5, 5.41) is 0. The summed E-state index contributed by atoms with van der Waals surface area (Å²) >= 11 is -1.86. The van der Waals surface area contributed by atoms with Crippen molar-refractivity contribution in [3.8, 4) is 0 Å². The number of hydrogen-bond acceptors (Lipinski definition) is 1. The van der Waals surface area contributed by atoms with Crippen LogP contribution >= 0.6 is 19.4 Å². The van der Waals surface area contributed by atoms with Crippen LogP contribution in [0.5, 0.6) is 0 Å². The predicted molar refractivity (Wildman–Crippen MR) is 92.1 cm³/mol. The van der Waals surface area contributed by atoms with Crippen LogP contribution < -0.4 is 0 Å². The molecule has 1 aliphatic rings. The van der Waals surface area contributed by atoms with Crippen molar-refractivity contribution in [3.05, 3.63) is 41.8 Å². The van der Waals surface area contributed by atoms with Crippen molar-refractivity contribution in [3.63, 3.8) is 0 Å². The van der Waals surface area contributed by atoms with E-state index in [2.05, 4.69) is 12.5 Å². The summed E-state index contributed by atoms with van der Waals surface area (Å²) < 4.78 is 1.97. The molecule has 1 saturated carbocycles. The van der Waals surface area contributed by atoms with Gasteiger partial charge in [-0.25, -0.2) is 0 Å². The summed E-state index contributed by atoms with van der Waals surface area (Å²) in [7, 11) is 12.1. The van der Waals surface area contributed by atoms with Crippen LogP contribution in [-0.4, -0.2) is 10.4 Å². The number of rotatable bonds is 6. The molecule has 4 heteroatoms. The van der Waals surface area contributed by atoms with Gasteiger partial charge in [0.05, 0.1) is 0 Å². The van der Waals surface area contributed by atoms with Crippen molar-refractivity contribution in [1.29, 1.82) is 0 Å². The van der Waals surface area contributed by atoms with E-state index in [1.807, 2.05) is 29.7 Å². The fourth-order valence-electron chi connectivity index (χ4n) is 3.25. The van der Waals surface area contributed by atoms with Crippen molar-refractivity contribution in [2.45, 2.75) is 45.4 Å². The molecule has 1 nitrogen and oxygen atoms in total. The van der Waals surface area contributed by atoms with Crippen LogP contribution in [0.1, 0.15) is 56.6 Å². The van der Waals surface area contributed by atoms with Crippen molar-refractivity contribution < 1.29 is 18.3 Å². The minimum absolute atomic E-state index is 0.0335. The Morgan fingerprint density at radius 3 is 2.64 bits per heavy atom. The van der Waals surface area contributed by atoms with Gasteiger partial charge in [-0.3, -0.25) is 0 Å². The fourth-order valence-corrected chi connectivity index (χ4v) is 5.10. The van der Waals surface area contributed by atoms with Gasteiger partial charge in [0.15, 0.2) is 0 Å². The van der Waals surface area contributed by atoms with E-state index >= 15 is 0 Å². The molecule has 0 heterocycles. The number of halogens is 2. The Balaban J connectivity index is 2.23. The molecule has 0 radical (unpaired) electrons. The second kappa shape index (κ2) is 9.21. The summed E-state index contributed by atoms with van der Waals surface area (Å²) in [6.07, 6.45) is 8.91. The molecular weight excluding hydrogens is 404 g/mol. The Morgan fingerprint density at radius 1 is 1.32 bits per heavy atom. The number of hydrogen-bond donors (Lipinski definition) is 0. The number of Topliss-reactive ketones (excluding diaryl/α,β-unsaturated/α-hetero) is 1. The van der Waals surface area contributed by atoms with Crippen molar-refractivity contribution in [2.75, 3.05) is 0 Å². The standard InChI is InChI=1S/C18H23O.2ClH.Ru/c1-3-18(19)17(15-10-5-4-6-11-15)13-16-12-8-7-9-14(16)2;;;/h2,7-9,12-13,15,17H,3-6,10-11H2,1H3;2*1H;/q+1;;;+2/p-2. The van der Waals surface area contributed by atoms with Gasteiger partial charge in [-0.15, -0.1) is 0 Å². The van der Waals surface area contributed by atoms with Crippen LogP contribution in [-0.2, 0) is 18.3 Å². The van der Waals surface area contributed by atoms with E-state index in [0.29, 0.717) is 18.1 Å². The Hall–Kier alpha value is -0.167. The van der Waals surface area contributed by atoms with Gasteiger partial charge in [-0.1, -0.05) is 0 Å². The number of benzene rings is 1. The third kappa shape index (κ3) is 5.19. The molecule has 0 N–H and O–H groups in total. The molecule has 1 aliphatic carbocycles. The molecule has 122 valence electrons. The van der Waals surface area contributed by atoms with E-state index < -0.39 is 13.5 Å². The van der Waals surface area contributed by atoms with E-state index in [0.717, 1.165) is 11.1 Å². The first-order valence-electron chi connectivity index (χ1n) is 7.91. The topological polar surface area (TPSA) is 17.1 Å². The van der Waals surface area contributed by atoms with E-state index in [1.54, 1.807) is 0 Å². The molecule has 0 spiro atoms. The van der Waals surface area contributed by atoms with Crippen molar-refractivity contribution >= 4 is 29.8 Å². The molecule has 0 saturated heterocycles. The van der Waals surface area contributed by atoms with Gasteiger partial charge in [0.2, 0.25) is 0 Å². The van der Waals surface area contributed by atoms with Crippen LogP contribution in [0.15, 0.2) is 24.3 Å². The summed E-state index contributed by atoms with van der Waals surface area (Å²) in [6, 6.07) is 8.10. The van der Waals surface area contributed by atoms with Crippen LogP contribution in [0.25, 0.3) is 0 Å². The van der Waals surface area contributed by atoms with E-state index in [1.165, 1.54) is 32.1 Å². The number of carbonyl (C=O) groups is 1. The summed E-state index contributed by atoms with van der Waals surface area (Å²) in [5.41, 5.74) is 2.16. The van der Waals surface area contributed by atoms with Crippen LogP contribution in [0.4, 0.5) is 0 Å². The predicted octanol–water partition coefficient (Wildman–Crippen LogP) is 5.49. The second-order valence-electron chi connectivity index (χ2n) is 5.85. The van der Waals surface area contributed by atoms with Gasteiger partial charge >= 0.3 is 147 Å². The van der Waals surface area contributed by atoms with Crippen LogP contribution in [0.2, 0.25) is 0 Å². The normalized spacial score (nSPS) is 17.7. The van der Waals surface area contributed by atoms with E-state index in [9.17, 15) is 4.79 Å². The molecule has 1 aromatic rings.